The highest BCUT2D eigenvalue weighted by molar-refractivity contribution is 6.50. The SMILES string of the molecule is COc1cccc(F)c1[N+]#N.F[B-](F)(F)F. The van der Waals surface area contributed by atoms with E-state index < -0.39 is 13.1 Å². The highest BCUT2D eigenvalue weighted by Crippen LogP contribution is 2.29. The summed E-state index contributed by atoms with van der Waals surface area (Å²) in [4.78, 5) is 2.74. The van der Waals surface area contributed by atoms with Crippen molar-refractivity contribution in [2.24, 2.45) is 0 Å². The van der Waals surface area contributed by atoms with E-state index in [-0.39, 0.29) is 11.4 Å². The molecule has 0 radical (unpaired) electrons. The summed E-state index contributed by atoms with van der Waals surface area (Å²) >= 11 is 0. The van der Waals surface area contributed by atoms with Crippen molar-refractivity contribution in [2.45, 2.75) is 0 Å². The van der Waals surface area contributed by atoms with Gasteiger partial charge < -0.3 is 22.0 Å². The number of methoxy groups -OCH3 is 1. The smallest absolute Gasteiger partial charge is 0.489 e. The Kier molecular flexibility index (Phi) is 5.22. The molecule has 3 nitrogen and oxygen atoms in total. The van der Waals surface area contributed by atoms with Crippen LogP contribution in [0.25, 0.3) is 4.98 Å². The first-order valence-corrected chi connectivity index (χ1v) is 3.84. The molecule has 0 aromatic heterocycles. The van der Waals surface area contributed by atoms with Crippen LogP contribution < -0.4 is 4.74 Å². The van der Waals surface area contributed by atoms with Crippen LogP contribution in [0.3, 0.4) is 0 Å². The lowest BCUT2D eigenvalue weighted by atomic mass is 10.3. The number of ether oxygens (including phenoxy) is 1. The molecule has 0 aliphatic rings. The van der Waals surface area contributed by atoms with Crippen molar-refractivity contribution in [1.29, 1.82) is 5.39 Å². The fraction of sp³-hybridized carbons (Fsp3) is 0.143. The lowest BCUT2D eigenvalue weighted by Gasteiger charge is -1.94. The van der Waals surface area contributed by atoms with Crippen LogP contribution in [0.15, 0.2) is 18.2 Å². The van der Waals surface area contributed by atoms with Crippen molar-refractivity contribution >= 4 is 12.9 Å². The molecule has 16 heavy (non-hydrogen) atoms. The van der Waals surface area contributed by atoms with Gasteiger partial charge in [-0.3, -0.25) is 0 Å². The van der Waals surface area contributed by atoms with Gasteiger partial charge in [0.2, 0.25) is 17.0 Å². The highest BCUT2D eigenvalue weighted by atomic mass is 19.5. The minimum Gasteiger partial charge on any atom is -0.489 e. The van der Waals surface area contributed by atoms with Crippen molar-refractivity contribution in [1.82, 2.24) is 0 Å². The summed E-state index contributed by atoms with van der Waals surface area (Å²) < 4.78 is 56.4. The van der Waals surface area contributed by atoms with Gasteiger partial charge >= 0.3 is 12.9 Å². The number of rotatable bonds is 1. The Morgan fingerprint density at radius 2 is 1.75 bits per heavy atom. The molecule has 1 rings (SSSR count). The number of diazo groups is 1. The standard InChI is InChI=1S/C7H6FN2O.BF4/c1-11-6-4-2-3-5(8)7(6)10-9;2-1(3,4)5/h2-4H,1H3;/q+1;-1. The highest BCUT2D eigenvalue weighted by Gasteiger charge is 2.21. The number of halogens is 5. The Labute approximate surface area is 87.6 Å². The molecular formula is C7H6BF5N2O. The van der Waals surface area contributed by atoms with E-state index in [1.165, 1.54) is 25.3 Å². The zero-order valence-electron chi connectivity index (χ0n) is 8.00. The molecule has 0 aliphatic heterocycles. The van der Waals surface area contributed by atoms with Crippen LogP contribution in [0, 0.1) is 11.2 Å². The molecule has 0 fully saturated rings. The fourth-order valence-electron chi connectivity index (χ4n) is 0.757. The van der Waals surface area contributed by atoms with Gasteiger partial charge in [-0.1, -0.05) is 6.07 Å². The summed E-state index contributed by atoms with van der Waals surface area (Å²) in [6, 6.07) is 4.18. The monoisotopic (exact) mass is 240 g/mol. The first-order chi connectivity index (χ1) is 7.29. The van der Waals surface area contributed by atoms with Crippen molar-refractivity contribution < 1.29 is 26.4 Å². The Bertz CT molecular complexity index is 383. The number of hydrogen-bond donors (Lipinski definition) is 0. The van der Waals surface area contributed by atoms with Gasteiger partial charge in [-0.05, 0) is 12.1 Å². The summed E-state index contributed by atoms with van der Waals surface area (Å²) in [5.74, 6) is -0.389. The van der Waals surface area contributed by atoms with Gasteiger partial charge in [0.1, 0.15) is 0 Å². The van der Waals surface area contributed by atoms with Gasteiger partial charge in [0.05, 0.1) is 7.11 Å². The van der Waals surface area contributed by atoms with E-state index in [1.807, 2.05) is 0 Å². The maximum Gasteiger partial charge on any atom is 0.673 e. The number of nitrogens with zero attached hydrogens (tertiary/aromatic N) is 2. The topological polar surface area (TPSA) is 37.4 Å². The molecule has 1 aromatic rings. The van der Waals surface area contributed by atoms with E-state index in [0.717, 1.165) is 0 Å². The molecule has 9 heteroatoms. The van der Waals surface area contributed by atoms with Gasteiger partial charge in [0.15, 0.2) is 4.98 Å². The predicted molar refractivity (Wildman–Crippen MR) is 47.9 cm³/mol. The molecule has 0 aliphatic carbocycles. The molecule has 0 amide bonds. The summed E-state index contributed by atoms with van der Waals surface area (Å²) in [6.45, 7) is 0. The molecule has 0 bridgehead atoms. The quantitative estimate of drug-likeness (QED) is 0.427. The number of benzene rings is 1. The zero-order valence-corrected chi connectivity index (χ0v) is 8.00. The average Bonchev–Trinajstić information content (AvgIpc) is 2.14. The summed E-state index contributed by atoms with van der Waals surface area (Å²) in [5.41, 5.74) is -0.171. The van der Waals surface area contributed by atoms with E-state index in [9.17, 15) is 21.7 Å². The fourth-order valence-corrected chi connectivity index (χ4v) is 0.757. The minimum absolute atomic E-state index is 0.171. The molecule has 0 saturated heterocycles. The second-order valence-corrected chi connectivity index (χ2v) is 2.39. The molecule has 0 saturated carbocycles. The van der Waals surface area contributed by atoms with Crippen LogP contribution in [-0.4, -0.2) is 14.4 Å². The van der Waals surface area contributed by atoms with Crippen LogP contribution in [-0.2, 0) is 0 Å². The van der Waals surface area contributed by atoms with E-state index in [1.54, 1.807) is 0 Å². The molecule has 0 atom stereocenters. The Balaban J connectivity index is 0.000000385. The van der Waals surface area contributed by atoms with Crippen molar-refractivity contribution in [3.8, 4) is 5.75 Å². The lowest BCUT2D eigenvalue weighted by Crippen LogP contribution is -2.02. The predicted octanol–water partition coefficient (Wildman–Crippen LogP) is 3.62. The van der Waals surface area contributed by atoms with Gasteiger partial charge in [-0.15, -0.1) is 0 Å². The largest absolute Gasteiger partial charge is 0.673 e. The van der Waals surface area contributed by atoms with Crippen LogP contribution in [0.5, 0.6) is 5.75 Å². The zero-order chi connectivity index (χ0) is 12.8. The van der Waals surface area contributed by atoms with Crippen LogP contribution in [0.2, 0.25) is 0 Å². The van der Waals surface area contributed by atoms with E-state index in [4.69, 9.17) is 10.1 Å². The van der Waals surface area contributed by atoms with Gasteiger partial charge in [-0.25, -0.2) is 0 Å². The van der Waals surface area contributed by atoms with Crippen molar-refractivity contribution in [3.05, 3.63) is 29.0 Å². The third-order valence-electron chi connectivity index (χ3n) is 1.27. The molecule has 0 heterocycles. The Morgan fingerprint density at radius 1 is 1.25 bits per heavy atom. The lowest BCUT2D eigenvalue weighted by molar-refractivity contribution is 0.368. The van der Waals surface area contributed by atoms with Gasteiger partial charge in [0.25, 0.3) is 0 Å². The molecule has 0 unspecified atom stereocenters. The van der Waals surface area contributed by atoms with Gasteiger partial charge in [0, 0.05) is 0 Å². The first kappa shape index (κ1) is 14.2. The Hall–Kier alpha value is -1.85. The van der Waals surface area contributed by atoms with Crippen LogP contribution in [0.4, 0.5) is 27.3 Å². The van der Waals surface area contributed by atoms with E-state index in [2.05, 4.69) is 4.98 Å². The van der Waals surface area contributed by atoms with Crippen molar-refractivity contribution in [3.63, 3.8) is 0 Å². The summed E-state index contributed by atoms with van der Waals surface area (Å²) in [5, 5.41) is 8.34. The molecule has 88 valence electrons. The maximum absolute atomic E-state index is 12.7. The molecule has 1 aromatic carbocycles. The average molecular weight is 240 g/mol. The normalized spacial score (nSPS) is 9.81. The third-order valence-corrected chi connectivity index (χ3v) is 1.27. The molecule has 0 spiro atoms. The second-order valence-electron chi connectivity index (χ2n) is 2.39. The van der Waals surface area contributed by atoms with Gasteiger partial charge in [-0.2, -0.15) is 4.39 Å². The van der Waals surface area contributed by atoms with Crippen LogP contribution >= 0.6 is 0 Å². The van der Waals surface area contributed by atoms with Crippen molar-refractivity contribution in [2.75, 3.05) is 7.11 Å². The Morgan fingerprint density at radius 3 is 2.06 bits per heavy atom. The second kappa shape index (κ2) is 5.90. The van der Waals surface area contributed by atoms with E-state index in [0.29, 0.717) is 0 Å². The first-order valence-electron chi connectivity index (χ1n) is 3.84. The van der Waals surface area contributed by atoms with E-state index >= 15 is 0 Å². The molecular weight excluding hydrogens is 234 g/mol. The minimum atomic E-state index is -6.00. The molecule has 0 N–H and O–H groups in total. The third kappa shape index (κ3) is 5.80. The number of hydrogen-bond acceptors (Lipinski definition) is 2. The summed E-state index contributed by atoms with van der Waals surface area (Å²) in [6.07, 6.45) is 0. The van der Waals surface area contributed by atoms with Crippen LogP contribution in [0.1, 0.15) is 0 Å². The maximum atomic E-state index is 12.7. The summed E-state index contributed by atoms with van der Waals surface area (Å²) in [7, 11) is -4.62.